The number of rotatable bonds is 8. The van der Waals surface area contributed by atoms with Crippen molar-refractivity contribution in [3.63, 3.8) is 0 Å². The summed E-state index contributed by atoms with van der Waals surface area (Å²) in [5.41, 5.74) is 2.39. The second-order valence-corrected chi connectivity index (χ2v) is 6.98. The number of hydrogen-bond donors (Lipinski definition) is 1. The molecule has 0 radical (unpaired) electrons. The van der Waals surface area contributed by atoms with Crippen LogP contribution < -0.4 is 9.89 Å². The highest BCUT2D eigenvalue weighted by Gasteiger charge is 2.17. The van der Waals surface area contributed by atoms with E-state index >= 15 is 0 Å². The molecule has 0 amide bonds. The van der Waals surface area contributed by atoms with Crippen molar-refractivity contribution < 1.29 is 0 Å². The standard InChI is InChI=1S/C21H28N2S/c1-3-5-6-13-18-22-21(24-4-2)23(19-14-9-7-10-15-19)20-16-11-8-12-17-20/h7-12,14-17H,3-6,13,18H2,1-2H3/p+1. The molecule has 2 aromatic carbocycles. The summed E-state index contributed by atoms with van der Waals surface area (Å²) in [6.07, 6.45) is 5.11. The van der Waals surface area contributed by atoms with Crippen molar-refractivity contribution in [1.29, 1.82) is 0 Å². The molecule has 0 aliphatic heterocycles. The van der Waals surface area contributed by atoms with Gasteiger partial charge < -0.3 is 0 Å². The third kappa shape index (κ3) is 5.72. The van der Waals surface area contributed by atoms with Crippen LogP contribution in [-0.2, 0) is 0 Å². The van der Waals surface area contributed by atoms with Crippen LogP contribution in [0, 0.1) is 0 Å². The summed E-state index contributed by atoms with van der Waals surface area (Å²) < 4.78 is 2.33. The predicted molar refractivity (Wildman–Crippen MR) is 110 cm³/mol. The van der Waals surface area contributed by atoms with Crippen molar-refractivity contribution in [2.24, 2.45) is 0 Å². The van der Waals surface area contributed by atoms with Gasteiger partial charge in [-0.25, -0.2) is 0 Å². The molecular formula is C21H29N2S+. The number of amidine groups is 1. The van der Waals surface area contributed by atoms with E-state index in [0.29, 0.717) is 0 Å². The molecule has 0 fully saturated rings. The number of hydrogen-bond acceptors (Lipinski definition) is 1. The maximum atomic E-state index is 3.68. The number of unbranched alkanes of at least 4 members (excludes halogenated alkanes) is 3. The molecular weight excluding hydrogens is 312 g/mol. The van der Waals surface area contributed by atoms with Crippen LogP contribution in [0.3, 0.4) is 0 Å². The molecule has 0 spiro atoms. The van der Waals surface area contributed by atoms with Gasteiger partial charge in [0.2, 0.25) is 0 Å². The van der Waals surface area contributed by atoms with E-state index < -0.39 is 0 Å². The second-order valence-electron chi connectivity index (χ2n) is 5.73. The molecule has 0 saturated carbocycles. The van der Waals surface area contributed by atoms with Crippen LogP contribution in [0.5, 0.6) is 0 Å². The molecule has 128 valence electrons. The van der Waals surface area contributed by atoms with Gasteiger partial charge in [0, 0.05) is 5.75 Å². The van der Waals surface area contributed by atoms with Crippen LogP contribution in [0.25, 0.3) is 0 Å². The fraction of sp³-hybridized carbons (Fsp3) is 0.381. The SMILES string of the molecule is CCCCCCNC(SCC)=[N+](c1ccccc1)c1ccccc1. The fourth-order valence-electron chi connectivity index (χ4n) is 2.62. The third-order valence-corrected chi connectivity index (χ3v) is 4.71. The molecule has 0 saturated heterocycles. The Bertz CT molecular complexity index is 567. The minimum atomic E-state index is 1.03. The molecule has 0 bridgehead atoms. The van der Waals surface area contributed by atoms with Crippen molar-refractivity contribution in [3.05, 3.63) is 60.7 Å². The van der Waals surface area contributed by atoms with Gasteiger partial charge in [0.15, 0.2) is 0 Å². The first-order chi connectivity index (χ1) is 11.9. The monoisotopic (exact) mass is 341 g/mol. The van der Waals surface area contributed by atoms with Gasteiger partial charge in [-0.1, -0.05) is 63.1 Å². The highest BCUT2D eigenvalue weighted by atomic mass is 32.2. The first-order valence-corrected chi connectivity index (χ1v) is 9.99. The molecule has 0 aromatic heterocycles. The average molecular weight is 342 g/mol. The maximum absolute atomic E-state index is 3.68. The normalized spacial score (nSPS) is 10.4. The largest absolute Gasteiger partial charge is 0.316 e. The first-order valence-electron chi connectivity index (χ1n) is 9.00. The lowest BCUT2D eigenvalue weighted by Gasteiger charge is -2.12. The molecule has 0 atom stereocenters. The van der Waals surface area contributed by atoms with Gasteiger partial charge in [0.1, 0.15) is 11.4 Å². The Hall–Kier alpha value is -1.74. The Morgan fingerprint density at radius 1 is 0.833 bits per heavy atom. The van der Waals surface area contributed by atoms with Crippen molar-refractivity contribution in [1.82, 2.24) is 9.89 Å². The Balaban J connectivity index is 2.30. The molecule has 2 rings (SSSR count). The molecule has 0 heterocycles. The Kier molecular flexibility index (Phi) is 8.47. The Labute approximate surface area is 151 Å². The van der Waals surface area contributed by atoms with Crippen LogP contribution in [0.2, 0.25) is 0 Å². The summed E-state index contributed by atoms with van der Waals surface area (Å²) in [6.45, 7) is 5.49. The highest BCUT2D eigenvalue weighted by molar-refractivity contribution is 8.13. The Morgan fingerprint density at radius 2 is 1.42 bits per heavy atom. The zero-order valence-corrected chi connectivity index (χ0v) is 15.7. The van der Waals surface area contributed by atoms with Gasteiger partial charge in [-0.05, 0) is 48.9 Å². The van der Waals surface area contributed by atoms with Crippen molar-refractivity contribution >= 4 is 28.3 Å². The smallest absolute Gasteiger partial charge is 0.268 e. The minimum absolute atomic E-state index is 1.03. The van der Waals surface area contributed by atoms with E-state index in [1.165, 1.54) is 42.2 Å². The molecule has 0 unspecified atom stereocenters. The van der Waals surface area contributed by atoms with Crippen LogP contribution >= 0.6 is 11.8 Å². The van der Waals surface area contributed by atoms with Gasteiger partial charge in [-0.2, -0.15) is 4.58 Å². The lowest BCUT2D eigenvalue weighted by atomic mass is 10.2. The number of nitrogens with one attached hydrogen (secondary N) is 1. The van der Waals surface area contributed by atoms with Crippen LogP contribution in [-0.4, -0.2) is 17.5 Å². The maximum Gasteiger partial charge on any atom is 0.316 e. The van der Waals surface area contributed by atoms with Crippen LogP contribution in [0.4, 0.5) is 11.4 Å². The van der Waals surface area contributed by atoms with Crippen molar-refractivity contribution in [2.45, 2.75) is 39.5 Å². The second kappa shape index (κ2) is 10.9. The van der Waals surface area contributed by atoms with E-state index in [2.05, 4.69) is 84.4 Å². The van der Waals surface area contributed by atoms with Gasteiger partial charge in [-0.3, -0.25) is 5.32 Å². The Morgan fingerprint density at radius 3 is 1.92 bits per heavy atom. The number of nitrogens with zero attached hydrogens (tertiary/aromatic N) is 1. The van der Waals surface area contributed by atoms with Gasteiger partial charge in [0.05, 0.1) is 6.54 Å². The third-order valence-electron chi connectivity index (χ3n) is 3.82. The predicted octanol–water partition coefficient (Wildman–Crippen LogP) is 5.80. The van der Waals surface area contributed by atoms with Crippen molar-refractivity contribution in [2.75, 3.05) is 12.3 Å². The zero-order chi connectivity index (χ0) is 17.0. The fourth-order valence-corrected chi connectivity index (χ4v) is 3.43. The molecule has 0 aliphatic rings. The average Bonchev–Trinajstić information content (AvgIpc) is 2.63. The summed E-state index contributed by atoms with van der Waals surface area (Å²) >= 11 is 1.87. The minimum Gasteiger partial charge on any atom is -0.268 e. The molecule has 3 heteroatoms. The van der Waals surface area contributed by atoms with E-state index in [1.54, 1.807) is 0 Å². The lowest BCUT2D eigenvalue weighted by molar-refractivity contribution is 0.654. The summed E-state index contributed by atoms with van der Waals surface area (Å²) in [6, 6.07) is 21.2. The molecule has 0 aliphatic carbocycles. The lowest BCUT2D eigenvalue weighted by Crippen LogP contribution is -2.30. The number of benzene rings is 2. The highest BCUT2D eigenvalue weighted by Crippen LogP contribution is 2.22. The summed E-state index contributed by atoms with van der Waals surface area (Å²) in [5.74, 6) is 1.05. The summed E-state index contributed by atoms with van der Waals surface area (Å²) in [4.78, 5) is 0. The quantitative estimate of drug-likeness (QED) is 0.282. The summed E-state index contributed by atoms with van der Waals surface area (Å²) in [5, 5.41) is 4.90. The van der Waals surface area contributed by atoms with Crippen molar-refractivity contribution in [3.8, 4) is 0 Å². The number of para-hydroxylation sites is 2. The van der Waals surface area contributed by atoms with Crippen LogP contribution in [0.1, 0.15) is 39.5 Å². The molecule has 2 aromatic rings. The van der Waals surface area contributed by atoms with E-state index in [1.807, 2.05) is 11.8 Å². The van der Waals surface area contributed by atoms with E-state index in [9.17, 15) is 0 Å². The summed E-state index contributed by atoms with van der Waals surface area (Å²) in [7, 11) is 0. The zero-order valence-electron chi connectivity index (χ0n) is 14.9. The van der Waals surface area contributed by atoms with Gasteiger partial charge in [0.25, 0.3) is 0 Å². The molecule has 1 N–H and O–H groups in total. The van der Waals surface area contributed by atoms with E-state index in [-0.39, 0.29) is 0 Å². The van der Waals surface area contributed by atoms with E-state index in [4.69, 9.17) is 0 Å². The van der Waals surface area contributed by atoms with Crippen LogP contribution in [0.15, 0.2) is 60.7 Å². The number of thioether (sulfide) groups is 1. The van der Waals surface area contributed by atoms with Gasteiger partial charge in [-0.15, -0.1) is 0 Å². The van der Waals surface area contributed by atoms with Gasteiger partial charge >= 0.3 is 5.17 Å². The molecule has 24 heavy (non-hydrogen) atoms. The first kappa shape index (κ1) is 18.6. The molecule has 2 nitrogen and oxygen atoms in total. The topological polar surface area (TPSA) is 15.0 Å². The van der Waals surface area contributed by atoms with E-state index in [0.717, 1.165) is 12.3 Å².